The molecule has 0 bridgehead atoms. The van der Waals surface area contributed by atoms with Crippen LogP contribution in [0.15, 0.2) is 41.7 Å². The Morgan fingerprint density at radius 2 is 2.11 bits per heavy atom. The molecule has 1 aromatic heterocycles. The Labute approximate surface area is 111 Å². The molecule has 1 aliphatic heterocycles. The highest BCUT2D eigenvalue weighted by molar-refractivity contribution is 7.98. The molecule has 3 rings (SSSR count). The van der Waals surface area contributed by atoms with E-state index in [1.807, 2.05) is 16.7 Å². The Balaban J connectivity index is 2.05. The summed E-state index contributed by atoms with van der Waals surface area (Å²) in [6, 6.07) is 8.17. The van der Waals surface area contributed by atoms with E-state index in [2.05, 4.69) is 23.4 Å². The number of benzene rings is 1. The van der Waals surface area contributed by atoms with E-state index in [0.717, 1.165) is 30.6 Å². The fraction of sp³-hybridized carbons (Fsp3) is 0.357. The van der Waals surface area contributed by atoms with Crippen LogP contribution in [0.2, 0.25) is 0 Å². The molecule has 2 heterocycles. The number of thioether (sulfide) groups is 1. The Morgan fingerprint density at radius 3 is 2.83 bits per heavy atom. The van der Waals surface area contributed by atoms with Crippen molar-refractivity contribution in [2.24, 2.45) is 0 Å². The van der Waals surface area contributed by atoms with Crippen LogP contribution in [0.5, 0.6) is 0 Å². The molecule has 0 saturated carbocycles. The first-order chi connectivity index (χ1) is 8.74. The molecule has 18 heavy (non-hydrogen) atoms. The van der Waals surface area contributed by atoms with Gasteiger partial charge >= 0.3 is 0 Å². The molecular formula is C14H16N2OS. The fourth-order valence-corrected chi connectivity index (χ4v) is 3.04. The van der Waals surface area contributed by atoms with Gasteiger partial charge in [0.05, 0.1) is 18.2 Å². The lowest BCUT2D eigenvalue weighted by Gasteiger charge is -2.33. The van der Waals surface area contributed by atoms with Crippen molar-refractivity contribution < 1.29 is 5.11 Å². The van der Waals surface area contributed by atoms with Crippen LogP contribution >= 0.6 is 11.8 Å². The lowest BCUT2D eigenvalue weighted by molar-refractivity contribution is 0.0468. The van der Waals surface area contributed by atoms with Crippen molar-refractivity contribution in [1.82, 2.24) is 9.55 Å². The van der Waals surface area contributed by atoms with Crippen LogP contribution in [0.4, 0.5) is 0 Å². The predicted molar refractivity (Wildman–Crippen MR) is 72.7 cm³/mol. The number of hydrogen-bond donors (Lipinski definition) is 1. The van der Waals surface area contributed by atoms with Gasteiger partial charge in [0.2, 0.25) is 0 Å². The highest BCUT2D eigenvalue weighted by Crippen LogP contribution is 2.37. The zero-order valence-corrected chi connectivity index (χ0v) is 11.2. The number of nitrogens with zero attached hydrogens (tertiary/aromatic N) is 2. The minimum Gasteiger partial charge on any atom is -0.379 e. The Hall–Kier alpha value is -1.26. The standard InChI is InChI=1S/C14H16N2OS/c1-18-12-5-3-11(4-6-12)14(17)7-2-8-16-10-15-9-13(14)16/h3-6,9-10,17H,2,7-8H2,1H3. The van der Waals surface area contributed by atoms with Gasteiger partial charge in [0.1, 0.15) is 5.60 Å². The molecule has 0 radical (unpaired) electrons. The maximum Gasteiger partial charge on any atom is 0.131 e. The van der Waals surface area contributed by atoms with Crippen LogP contribution in [0, 0.1) is 0 Å². The number of aromatic nitrogens is 2. The summed E-state index contributed by atoms with van der Waals surface area (Å²) in [6.07, 6.45) is 7.37. The maximum atomic E-state index is 11.0. The van der Waals surface area contributed by atoms with Crippen LogP contribution < -0.4 is 0 Å². The number of aliphatic hydroxyl groups is 1. The molecular weight excluding hydrogens is 244 g/mol. The summed E-state index contributed by atoms with van der Waals surface area (Å²) in [7, 11) is 0. The first kappa shape index (κ1) is 11.8. The molecule has 1 unspecified atom stereocenters. The molecule has 0 fully saturated rings. The summed E-state index contributed by atoms with van der Waals surface area (Å²) in [5, 5.41) is 11.0. The number of rotatable bonds is 2. The second kappa shape index (κ2) is 4.44. The fourth-order valence-electron chi connectivity index (χ4n) is 2.64. The lowest BCUT2D eigenvalue weighted by atomic mass is 9.84. The molecule has 1 atom stereocenters. The highest BCUT2D eigenvalue weighted by atomic mass is 32.2. The quantitative estimate of drug-likeness (QED) is 0.844. The summed E-state index contributed by atoms with van der Waals surface area (Å²) >= 11 is 1.71. The molecule has 0 aliphatic carbocycles. The van der Waals surface area contributed by atoms with Crippen LogP contribution in [-0.4, -0.2) is 20.9 Å². The largest absolute Gasteiger partial charge is 0.379 e. The number of aryl methyl sites for hydroxylation is 1. The SMILES string of the molecule is CSc1ccc(C2(O)CCCn3cncc32)cc1. The molecule has 1 aromatic carbocycles. The van der Waals surface area contributed by atoms with Crippen molar-refractivity contribution in [2.45, 2.75) is 29.9 Å². The zero-order chi connectivity index (χ0) is 12.6. The first-order valence-corrected chi connectivity index (χ1v) is 7.34. The van der Waals surface area contributed by atoms with Crippen LogP contribution in [0.3, 0.4) is 0 Å². The smallest absolute Gasteiger partial charge is 0.131 e. The van der Waals surface area contributed by atoms with Gasteiger partial charge < -0.3 is 9.67 Å². The van der Waals surface area contributed by atoms with Gasteiger partial charge in [0, 0.05) is 11.4 Å². The van der Waals surface area contributed by atoms with Crippen molar-refractivity contribution in [3.05, 3.63) is 48.0 Å². The molecule has 3 nitrogen and oxygen atoms in total. The summed E-state index contributed by atoms with van der Waals surface area (Å²) < 4.78 is 2.05. The molecule has 1 N–H and O–H groups in total. The number of fused-ring (bicyclic) bond motifs is 1. The third-order valence-electron chi connectivity index (χ3n) is 3.64. The zero-order valence-electron chi connectivity index (χ0n) is 10.3. The van der Waals surface area contributed by atoms with E-state index < -0.39 is 5.60 Å². The summed E-state index contributed by atoms with van der Waals surface area (Å²) in [6.45, 7) is 0.945. The molecule has 0 amide bonds. The second-order valence-corrected chi connectivity index (χ2v) is 5.54. The van der Waals surface area contributed by atoms with Gasteiger partial charge in [-0.15, -0.1) is 11.8 Å². The number of hydrogen-bond acceptors (Lipinski definition) is 3. The topological polar surface area (TPSA) is 38.0 Å². The van der Waals surface area contributed by atoms with Crippen molar-refractivity contribution in [1.29, 1.82) is 0 Å². The predicted octanol–water partition coefficient (Wildman–Crippen LogP) is 2.63. The van der Waals surface area contributed by atoms with Crippen LogP contribution in [0.25, 0.3) is 0 Å². The summed E-state index contributed by atoms with van der Waals surface area (Å²) in [5.74, 6) is 0. The van der Waals surface area contributed by atoms with Gasteiger partial charge in [-0.2, -0.15) is 0 Å². The second-order valence-electron chi connectivity index (χ2n) is 4.66. The third kappa shape index (κ3) is 1.76. The van der Waals surface area contributed by atoms with Crippen molar-refractivity contribution >= 4 is 11.8 Å². The molecule has 2 aromatic rings. The monoisotopic (exact) mass is 260 g/mol. The third-order valence-corrected chi connectivity index (χ3v) is 4.38. The van der Waals surface area contributed by atoms with Gasteiger partial charge in [-0.3, -0.25) is 0 Å². The van der Waals surface area contributed by atoms with Crippen LogP contribution in [0.1, 0.15) is 24.1 Å². The van der Waals surface area contributed by atoms with E-state index >= 15 is 0 Å². The summed E-state index contributed by atoms with van der Waals surface area (Å²) in [4.78, 5) is 5.37. The van der Waals surface area contributed by atoms with E-state index in [0.29, 0.717) is 0 Å². The van der Waals surface area contributed by atoms with Crippen molar-refractivity contribution in [3.63, 3.8) is 0 Å². The molecule has 0 spiro atoms. The van der Waals surface area contributed by atoms with E-state index in [4.69, 9.17) is 0 Å². The molecule has 1 aliphatic rings. The highest BCUT2D eigenvalue weighted by Gasteiger charge is 2.36. The van der Waals surface area contributed by atoms with Crippen LogP contribution in [-0.2, 0) is 12.1 Å². The maximum absolute atomic E-state index is 11.0. The summed E-state index contributed by atoms with van der Waals surface area (Å²) in [5.41, 5.74) is 0.985. The van der Waals surface area contributed by atoms with Gasteiger partial charge in [-0.25, -0.2) is 4.98 Å². The van der Waals surface area contributed by atoms with Crippen molar-refractivity contribution in [3.8, 4) is 0 Å². The molecule has 94 valence electrons. The Kier molecular flexibility index (Phi) is 2.92. The number of imidazole rings is 1. The van der Waals surface area contributed by atoms with E-state index in [-0.39, 0.29) is 0 Å². The minimum absolute atomic E-state index is 0.761. The first-order valence-electron chi connectivity index (χ1n) is 6.11. The van der Waals surface area contributed by atoms with Gasteiger partial charge in [0.25, 0.3) is 0 Å². The van der Waals surface area contributed by atoms with Crippen molar-refractivity contribution in [2.75, 3.05) is 6.26 Å². The molecule has 0 saturated heterocycles. The van der Waals surface area contributed by atoms with Gasteiger partial charge in [0.15, 0.2) is 0 Å². The van der Waals surface area contributed by atoms with Gasteiger partial charge in [-0.05, 0) is 36.8 Å². The van der Waals surface area contributed by atoms with E-state index in [1.54, 1.807) is 24.3 Å². The Morgan fingerprint density at radius 1 is 1.33 bits per heavy atom. The molecule has 4 heteroatoms. The lowest BCUT2D eigenvalue weighted by Crippen LogP contribution is -2.34. The minimum atomic E-state index is -0.883. The van der Waals surface area contributed by atoms with E-state index in [1.165, 1.54) is 4.90 Å². The van der Waals surface area contributed by atoms with E-state index in [9.17, 15) is 5.11 Å². The average molecular weight is 260 g/mol. The van der Waals surface area contributed by atoms with Gasteiger partial charge in [-0.1, -0.05) is 12.1 Å². The average Bonchev–Trinajstić information content (AvgIpc) is 2.89. The normalized spacial score (nSPS) is 22.8. The Bertz CT molecular complexity index is 549.